The van der Waals surface area contributed by atoms with Crippen LogP contribution in [0.25, 0.3) is 22.6 Å². The van der Waals surface area contributed by atoms with E-state index in [-0.39, 0.29) is 11.7 Å². The van der Waals surface area contributed by atoms with Crippen LogP contribution in [0.4, 0.5) is 0 Å². The number of imidazole rings is 1. The molecule has 0 amide bonds. The van der Waals surface area contributed by atoms with Crippen molar-refractivity contribution < 1.29 is 9.59 Å². The van der Waals surface area contributed by atoms with Gasteiger partial charge in [0.15, 0.2) is 5.78 Å². The summed E-state index contributed by atoms with van der Waals surface area (Å²) in [7, 11) is 0. The summed E-state index contributed by atoms with van der Waals surface area (Å²) in [5, 5.41) is 0. The SMILES string of the molecule is CC(=O)c1ccc(-c2cn(C(C)=O)c(-c3ccccc3)n2)cc1. The highest BCUT2D eigenvalue weighted by Gasteiger charge is 2.14. The molecule has 0 bridgehead atoms. The van der Waals surface area contributed by atoms with Gasteiger partial charge in [-0.15, -0.1) is 0 Å². The topological polar surface area (TPSA) is 52.0 Å². The smallest absolute Gasteiger partial charge is 0.229 e. The molecule has 0 fully saturated rings. The zero-order chi connectivity index (χ0) is 16.4. The monoisotopic (exact) mass is 304 g/mol. The lowest BCUT2D eigenvalue weighted by Crippen LogP contribution is -2.05. The van der Waals surface area contributed by atoms with Gasteiger partial charge in [0.05, 0.1) is 5.69 Å². The highest BCUT2D eigenvalue weighted by atomic mass is 16.1. The Kier molecular flexibility index (Phi) is 3.89. The van der Waals surface area contributed by atoms with Gasteiger partial charge in [-0.3, -0.25) is 14.2 Å². The molecule has 0 saturated carbocycles. The lowest BCUT2D eigenvalue weighted by molar-refractivity contribution is 0.0937. The molecule has 4 heteroatoms. The minimum Gasteiger partial charge on any atom is -0.295 e. The zero-order valence-electron chi connectivity index (χ0n) is 13.0. The van der Waals surface area contributed by atoms with E-state index in [9.17, 15) is 9.59 Å². The fourth-order valence-electron chi connectivity index (χ4n) is 2.43. The fraction of sp³-hybridized carbons (Fsp3) is 0.105. The van der Waals surface area contributed by atoms with Gasteiger partial charge in [0, 0.05) is 29.8 Å². The average molecular weight is 304 g/mol. The van der Waals surface area contributed by atoms with Crippen LogP contribution >= 0.6 is 0 Å². The molecule has 114 valence electrons. The standard InChI is InChI=1S/C19H16N2O2/c1-13(22)15-8-10-16(11-9-15)18-12-21(14(2)23)19(20-18)17-6-4-3-5-7-17/h3-12H,1-2H3. The second-order valence-electron chi connectivity index (χ2n) is 5.34. The minimum atomic E-state index is -0.0945. The number of hydrogen-bond donors (Lipinski definition) is 0. The quantitative estimate of drug-likeness (QED) is 0.685. The number of Topliss-reactive ketones (excluding diaryl/α,β-unsaturated/α-hetero) is 1. The summed E-state index contributed by atoms with van der Waals surface area (Å²) in [6, 6.07) is 16.8. The molecule has 3 aromatic rings. The van der Waals surface area contributed by atoms with Crippen LogP contribution in [0.5, 0.6) is 0 Å². The summed E-state index contributed by atoms with van der Waals surface area (Å²) in [6.45, 7) is 3.05. The van der Waals surface area contributed by atoms with Crippen LogP contribution < -0.4 is 0 Å². The Labute approximate surface area is 134 Å². The lowest BCUT2D eigenvalue weighted by atomic mass is 10.1. The summed E-state index contributed by atoms with van der Waals surface area (Å²) < 4.78 is 1.55. The molecule has 0 spiro atoms. The third-order valence-electron chi connectivity index (χ3n) is 3.66. The molecule has 3 rings (SSSR count). The molecular formula is C19H16N2O2. The number of carbonyl (C=O) groups is 2. The molecule has 0 aliphatic carbocycles. The van der Waals surface area contributed by atoms with Gasteiger partial charge >= 0.3 is 0 Å². The lowest BCUT2D eigenvalue weighted by Gasteiger charge is -2.02. The molecule has 0 unspecified atom stereocenters. The van der Waals surface area contributed by atoms with Gasteiger partial charge in [0.2, 0.25) is 5.91 Å². The maximum Gasteiger partial charge on any atom is 0.229 e. The molecular weight excluding hydrogens is 288 g/mol. The third kappa shape index (κ3) is 2.97. The molecule has 0 aliphatic heterocycles. The van der Waals surface area contributed by atoms with Crippen LogP contribution in [0.3, 0.4) is 0 Å². The van der Waals surface area contributed by atoms with Crippen LogP contribution in [0, 0.1) is 0 Å². The van der Waals surface area contributed by atoms with Gasteiger partial charge in [-0.2, -0.15) is 0 Å². The van der Waals surface area contributed by atoms with Crippen molar-refractivity contribution in [1.29, 1.82) is 0 Å². The van der Waals surface area contributed by atoms with E-state index in [1.54, 1.807) is 22.9 Å². The summed E-state index contributed by atoms with van der Waals surface area (Å²) in [4.78, 5) is 27.9. The molecule has 0 radical (unpaired) electrons. The van der Waals surface area contributed by atoms with Crippen molar-refractivity contribution in [2.24, 2.45) is 0 Å². The van der Waals surface area contributed by atoms with E-state index in [2.05, 4.69) is 4.98 Å². The van der Waals surface area contributed by atoms with E-state index in [1.807, 2.05) is 42.5 Å². The van der Waals surface area contributed by atoms with E-state index in [4.69, 9.17) is 0 Å². The van der Waals surface area contributed by atoms with Crippen molar-refractivity contribution in [1.82, 2.24) is 9.55 Å². The van der Waals surface area contributed by atoms with Gasteiger partial charge in [0.1, 0.15) is 5.82 Å². The molecule has 0 saturated heterocycles. The van der Waals surface area contributed by atoms with Gasteiger partial charge in [0.25, 0.3) is 0 Å². The number of rotatable bonds is 3. The number of nitrogens with zero attached hydrogens (tertiary/aromatic N) is 2. The zero-order valence-corrected chi connectivity index (χ0v) is 13.0. The molecule has 0 N–H and O–H groups in total. The maximum atomic E-state index is 11.9. The van der Waals surface area contributed by atoms with Crippen LogP contribution in [-0.2, 0) is 0 Å². The Hall–Kier alpha value is -3.01. The van der Waals surface area contributed by atoms with Crippen molar-refractivity contribution in [2.75, 3.05) is 0 Å². The molecule has 1 heterocycles. The number of benzene rings is 2. The van der Waals surface area contributed by atoms with Gasteiger partial charge in [-0.05, 0) is 6.92 Å². The molecule has 23 heavy (non-hydrogen) atoms. The van der Waals surface area contributed by atoms with Crippen molar-refractivity contribution in [3.8, 4) is 22.6 Å². The predicted octanol–water partition coefficient (Wildman–Crippen LogP) is 4.08. The minimum absolute atomic E-state index is 0.0239. The van der Waals surface area contributed by atoms with Crippen LogP contribution in [-0.4, -0.2) is 21.2 Å². The second kappa shape index (κ2) is 6.01. The number of ketones is 1. The first-order chi connectivity index (χ1) is 11.1. The molecule has 4 nitrogen and oxygen atoms in total. The fourth-order valence-corrected chi connectivity index (χ4v) is 2.43. The Morgan fingerprint density at radius 1 is 0.870 bits per heavy atom. The Morgan fingerprint density at radius 3 is 2.09 bits per heavy atom. The van der Waals surface area contributed by atoms with Crippen LogP contribution in [0.1, 0.15) is 29.0 Å². The first-order valence-corrected chi connectivity index (χ1v) is 7.33. The van der Waals surface area contributed by atoms with Crippen molar-refractivity contribution in [2.45, 2.75) is 13.8 Å². The van der Waals surface area contributed by atoms with E-state index in [0.29, 0.717) is 17.1 Å². The van der Waals surface area contributed by atoms with Crippen LogP contribution in [0.15, 0.2) is 60.8 Å². The Balaban J connectivity index is 2.07. The number of carbonyl (C=O) groups excluding carboxylic acids is 2. The first-order valence-electron chi connectivity index (χ1n) is 7.33. The van der Waals surface area contributed by atoms with E-state index >= 15 is 0 Å². The molecule has 0 atom stereocenters. The normalized spacial score (nSPS) is 10.5. The van der Waals surface area contributed by atoms with Gasteiger partial charge in [-0.25, -0.2) is 4.98 Å². The first kappa shape index (κ1) is 14.9. The molecule has 0 aliphatic rings. The van der Waals surface area contributed by atoms with E-state index in [1.165, 1.54) is 13.8 Å². The number of hydrogen-bond acceptors (Lipinski definition) is 3. The Bertz CT molecular complexity index is 862. The second-order valence-corrected chi connectivity index (χ2v) is 5.34. The Morgan fingerprint density at radius 2 is 1.52 bits per heavy atom. The van der Waals surface area contributed by atoms with Gasteiger partial charge < -0.3 is 0 Å². The van der Waals surface area contributed by atoms with Crippen molar-refractivity contribution in [3.05, 3.63) is 66.4 Å². The number of aromatic nitrogens is 2. The highest BCUT2D eigenvalue weighted by molar-refractivity contribution is 5.94. The summed E-state index contributed by atoms with van der Waals surface area (Å²) in [6.07, 6.45) is 1.73. The molecule has 2 aromatic carbocycles. The third-order valence-corrected chi connectivity index (χ3v) is 3.66. The molecule has 1 aromatic heterocycles. The maximum absolute atomic E-state index is 11.9. The van der Waals surface area contributed by atoms with E-state index < -0.39 is 0 Å². The summed E-state index contributed by atoms with van der Waals surface area (Å²) >= 11 is 0. The van der Waals surface area contributed by atoms with Crippen molar-refractivity contribution >= 4 is 11.7 Å². The summed E-state index contributed by atoms with van der Waals surface area (Å²) in [5.74, 6) is 0.544. The average Bonchev–Trinajstić information content (AvgIpc) is 3.01. The predicted molar refractivity (Wildman–Crippen MR) is 89.4 cm³/mol. The van der Waals surface area contributed by atoms with Gasteiger partial charge in [-0.1, -0.05) is 54.6 Å². The van der Waals surface area contributed by atoms with Crippen LogP contribution in [0.2, 0.25) is 0 Å². The van der Waals surface area contributed by atoms with Crippen molar-refractivity contribution in [3.63, 3.8) is 0 Å². The summed E-state index contributed by atoms with van der Waals surface area (Å²) in [5.41, 5.74) is 3.11. The largest absolute Gasteiger partial charge is 0.295 e. The van der Waals surface area contributed by atoms with E-state index in [0.717, 1.165) is 11.1 Å². The highest BCUT2D eigenvalue weighted by Crippen LogP contribution is 2.25.